The third kappa shape index (κ3) is 2.22. The molecule has 0 aliphatic heterocycles. The quantitative estimate of drug-likeness (QED) is 0.572. The van der Waals surface area contributed by atoms with Gasteiger partial charge in [-0.3, -0.25) is 0 Å². The summed E-state index contributed by atoms with van der Waals surface area (Å²) >= 11 is 1.80. The number of aryl methyl sites for hydroxylation is 1. The molecule has 1 heterocycles. The molecule has 0 N–H and O–H groups in total. The fourth-order valence-electron chi connectivity index (χ4n) is 1.99. The molecule has 2 aromatic carbocycles. The van der Waals surface area contributed by atoms with Gasteiger partial charge in [-0.2, -0.15) is 0 Å². The molecule has 1 aromatic heterocycles. The van der Waals surface area contributed by atoms with Crippen LogP contribution in [0.2, 0.25) is 0 Å². The maximum Gasteiger partial charge on any atom is 0.0348 e. The lowest BCUT2D eigenvalue weighted by Gasteiger charge is -1.95. The van der Waals surface area contributed by atoms with Crippen LogP contribution in [0.25, 0.3) is 22.2 Å². The second kappa shape index (κ2) is 4.79. The van der Waals surface area contributed by atoms with Crippen molar-refractivity contribution in [3.8, 4) is 0 Å². The van der Waals surface area contributed by atoms with Crippen LogP contribution in [0.1, 0.15) is 16.7 Å². The fraction of sp³-hybridized carbons (Fsp3) is 0.0588. The van der Waals surface area contributed by atoms with Gasteiger partial charge in [-0.15, -0.1) is 11.3 Å². The molecule has 0 unspecified atom stereocenters. The maximum absolute atomic E-state index is 2.22. The summed E-state index contributed by atoms with van der Waals surface area (Å²) < 4.78 is 1.35. The summed E-state index contributed by atoms with van der Waals surface area (Å²) in [5.74, 6) is 0. The number of fused-ring (bicyclic) bond motifs is 1. The first-order valence-electron chi connectivity index (χ1n) is 6.04. The van der Waals surface area contributed by atoms with Gasteiger partial charge < -0.3 is 0 Å². The summed E-state index contributed by atoms with van der Waals surface area (Å²) in [7, 11) is 0. The van der Waals surface area contributed by atoms with Crippen molar-refractivity contribution in [2.45, 2.75) is 6.92 Å². The summed E-state index contributed by atoms with van der Waals surface area (Å²) in [6.07, 6.45) is 4.37. The maximum atomic E-state index is 2.22. The van der Waals surface area contributed by atoms with Gasteiger partial charge in [-0.1, -0.05) is 60.2 Å². The first-order valence-corrected chi connectivity index (χ1v) is 6.92. The highest BCUT2D eigenvalue weighted by Gasteiger charge is 1.99. The average molecular weight is 250 g/mol. The minimum atomic E-state index is 1.25. The minimum absolute atomic E-state index is 1.25. The Balaban J connectivity index is 1.94. The number of benzene rings is 2. The van der Waals surface area contributed by atoms with E-state index in [1.54, 1.807) is 11.3 Å². The lowest BCUT2D eigenvalue weighted by Crippen LogP contribution is -1.73. The molecule has 0 saturated heterocycles. The molecule has 0 radical (unpaired) electrons. The van der Waals surface area contributed by atoms with E-state index in [0.29, 0.717) is 0 Å². The standard InChI is InChI=1S/C17H14S/c1-13-6-8-14(9-7-13)10-11-15-12-18-17-5-3-2-4-16(15)17/h2-12H,1H3. The molecule has 0 fully saturated rings. The zero-order valence-electron chi connectivity index (χ0n) is 10.3. The van der Waals surface area contributed by atoms with Crippen LogP contribution in [-0.2, 0) is 0 Å². The van der Waals surface area contributed by atoms with E-state index in [1.807, 2.05) is 0 Å². The lowest BCUT2D eigenvalue weighted by molar-refractivity contribution is 1.46. The third-order valence-electron chi connectivity index (χ3n) is 3.04. The van der Waals surface area contributed by atoms with Gasteiger partial charge in [-0.05, 0) is 34.9 Å². The van der Waals surface area contributed by atoms with E-state index < -0.39 is 0 Å². The summed E-state index contributed by atoms with van der Waals surface area (Å²) in [6, 6.07) is 17.1. The number of rotatable bonds is 2. The predicted molar refractivity (Wildman–Crippen MR) is 81.9 cm³/mol. The first kappa shape index (κ1) is 11.2. The zero-order chi connectivity index (χ0) is 12.4. The first-order chi connectivity index (χ1) is 8.83. The lowest BCUT2D eigenvalue weighted by atomic mass is 10.1. The Morgan fingerprint density at radius 2 is 1.67 bits per heavy atom. The van der Waals surface area contributed by atoms with Crippen LogP contribution in [-0.4, -0.2) is 0 Å². The predicted octanol–water partition coefficient (Wildman–Crippen LogP) is 5.38. The molecule has 0 spiro atoms. The molecule has 3 aromatic rings. The summed E-state index contributed by atoms with van der Waals surface area (Å²) in [5.41, 5.74) is 3.85. The monoisotopic (exact) mass is 250 g/mol. The van der Waals surface area contributed by atoms with Crippen molar-refractivity contribution in [2.75, 3.05) is 0 Å². The van der Waals surface area contributed by atoms with E-state index in [2.05, 4.69) is 73.0 Å². The smallest absolute Gasteiger partial charge is 0.0348 e. The minimum Gasteiger partial charge on any atom is -0.143 e. The van der Waals surface area contributed by atoms with Gasteiger partial charge in [0, 0.05) is 4.70 Å². The van der Waals surface area contributed by atoms with Crippen LogP contribution in [0.4, 0.5) is 0 Å². The molecule has 3 rings (SSSR count). The van der Waals surface area contributed by atoms with E-state index in [4.69, 9.17) is 0 Å². The van der Waals surface area contributed by atoms with E-state index >= 15 is 0 Å². The summed E-state index contributed by atoms with van der Waals surface area (Å²) in [4.78, 5) is 0. The molecular formula is C17H14S. The van der Waals surface area contributed by atoms with Crippen molar-refractivity contribution < 1.29 is 0 Å². The van der Waals surface area contributed by atoms with Gasteiger partial charge >= 0.3 is 0 Å². The van der Waals surface area contributed by atoms with Crippen LogP contribution in [0.15, 0.2) is 53.9 Å². The van der Waals surface area contributed by atoms with Crippen molar-refractivity contribution in [3.63, 3.8) is 0 Å². The highest BCUT2D eigenvalue weighted by molar-refractivity contribution is 7.17. The van der Waals surface area contributed by atoms with Crippen LogP contribution in [0.5, 0.6) is 0 Å². The van der Waals surface area contributed by atoms with Crippen molar-refractivity contribution in [2.24, 2.45) is 0 Å². The van der Waals surface area contributed by atoms with Crippen LogP contribution in [0.3, 0.4) is 0 Å². The van der Waals surface area contributed by atoms with Crippen LogP contribution < -0.4 is 0 Å². The second-order valence-electron chi connectivity index (χ2n) is 4.43. The van der Waals surface area contributed by atoms with E-state index in [1.165, 1.54) is 26.8 Å². The molecular weight excluding hydrogens is 236 g/mol. The summed E-state index contributed by atoms with van der Waals surface area (Å²) in [6.45, 7) is 2.11. The Labute approximate surface area is 111 Å². The molecule has 0 nitrogen and oxygen atoms in total. The van der Waals surface area contributed by atoms with Gasteiger partial charge in [-0.25, -0.2) is 0 Å². The Morgan fingerprint density at radius 3 is 2.50 bits per heavy atom. The van der Waals surface area contributed by atoms with Crippen molar-refractivity contribution >= 4 is 33.6 Å². The highest BCUT2D eigenvalue weighted by atomic mass is 32.1. The largest absolute Gasteiger partial charge is 0.143 e. The summed E-state index contributed by atoms with van der Waals surface area (Å²) in [5, 5.41) is 3.56. The molecule has 0 aliphatic rings. The number of hydrogen-bond acceptors (Lipinski definition) is 1. The number of thiophene rings is 1. The Kier molecular flexibility index (Phi) is 2.99. The molecule has 0 saturated carbocycles. The molecule has 0 aliphatic carbocycles. The second-order valence-corrected chi connectivity index (χ2v) is 5.34. The molecule has 0 atom stereocenters. The van der Waals surface area contributed by atoms with E-state index in [-0.39, 0.29) is 0 Å². The van der Waals surface area contributed by atoms with E-state index in [9.17, 15) is 0 Å². The normalized spacial score (nSPS) is 11.4. The van der Waals surface area contributed by atoms with Gasteiger partial charge in [0.15, 0.2) is 0 Å². The van der Waals surface area contributed by atoms with Crippen molar-refractivity contribution in [1.82, 2.24) is 0 Å². The Morgan fingerprint density at radius 1 is 0.889 bits per heavy atom. The van der Waals surface area contributed by atoms with Gasteiger partial charge in [0.2, 0.25) is 0 Å². The van der Waals surface area contributed by atoms with Gasteiger partial charge in [0.05, 0.1) is 0 Å². The van der Waals surface area contributed by atoms with Crippen molar-refractivity contribution in [3.05, 3.63) is 70.6 Å². The molecule has 18 heavy (non-hydrogen) atoms. The Bertz CT molecular complexity index is 687. The third-order valence-corrected chi connectivity index (χ3v) is 4.03. The highest BCUT2D eigenvalue weighted by Crippen LogP contribution is 2.27. The SMILES string of the molecule is Cc1ccc(C=Cc2csc3ccccc23)cc1. The molecule has 0 amide bonds. The average Bonchev–Trinajstić information content (AvgIpc) is 2.82. The van der Waals surface area contributed by atoms with Crippen LogP contribution in [0, 0.1) is 6.92 Å². The van der Waals surface area contributed by atoms with Crippen molar-refractivity contribution in [1.29, 1.82) is 0 Å². The molecule has 0 bridgehead atoms. The van der Waals surface area contributed by atoms with Crippen LogP contribution >= 0.6 is 11.3 Å². The molecule has 88 valence electrons. The fourth-order valence-corrected chi connectivity index (χ4v) is 2.92. The van der Waals surface area contributed by atoms with Gasteiger partial charge in [0.25, 0.3) is 0 Å². The van der Waals surface area contributed by atoms with Gasteiger partial charge in [0.1, 0.15) is 0 Å². The topological polar surface area (TPSA) is 0 Å². The molecule has 1 heteroatoms. The van der Waals surface area contributed by atoms with E-state index in [0.717, 1.165) is 0 Å². The Hall–Kier alpha value is -1.86. The zero-order valence-corrected chi connectivity index (χ0v) is 11.1. The number of hydrogen-bond donors (Lipinski definition) is 0.